The molecule has 2 rings (SSSR count). The quantitative estimate of drug-likeness (QED) is 0.0559. The lowest BCUT2D eigenvalue weighted by Crippen LogP contribution is -2.63. The van der Waals surface area contributed by atoms with Crippen LogP contribution in [0.3, 0.4) is 0 Å². The summed E-state index contributed by atoms with van der Waals surface area (Å²) in [7, 11) is 0. The number of rotatable bonds is 20. The monoisotopic (exact) mass is 737 g/mol. The highest BCUT2D eigenvalue weighted by molar-refractivity contribution is 5.93. The van der Waals surface area contributed by atoms with Crippen molar-refractivity contribution in [1.29, 1.82) is 0 Å². The van der Waals surface area contributed by atoms with Gasteiger partial charge in [-0.15, -0.1) is 10.3 Å². The number of aliphatic hydroxyl groups excluding tert-OH is 8. The standard InChI is InChI=1S/C33H61N4O14/c1-6-7-8-9-10-11-12-34-29(47)19(13-22(41)35-18-14-32(2,3)37(49)33(4,5)15-18)36-30(48)26(45)25(44)28(20(40)16-38)51-31-27(46)24(43)23(42)21(17-39)50-31/h18-21,23-28,31,38-40,42-46H,6-17H2,1-5H3,(H,34,47)(H,35,41)(H,36,48)/t19-,20+,21+,23-,24-,25+,26+,27+,28+,31-/m0/s1. The van der Waals surface area contributed by atoms with Gasteiger partial charge in [0.1, 0.15) is 48.8 Å². The Morgan fingerprint density at radius 3 is 2.04 bits per heavy atom. The molecule has 2 saturated heterocycles. The molecular formula is C33H61N4O14. The predicted octanol–water partition coefficient (Wildman–Crippen LogP) is -2.92. The maximum absolute atomic E-state index is 13.3. The average Bonchev–Trinajstić information content (AvgIpc) is 3.07. The molecule has 18 nitrogen and oxygen atoms in total. The summed E-state index contributed by atoms with van der Waals surface area (Å²) in [5.41, 5.74) is -1.59. The third kappa shape index (κ3) is 12.8. The number of carbonyl (C=O) groups is 3. The van der Waals surface area contributed by atoms with Crippen LogP contribution in [0.5, 0.6) is 0 Å². The van der Waals surface area contributed by atoms with E-state index in [1.54, 1.807) is 27.7 Å². The van der Waals surface area contributed by atoms with Crippen LogP contribution in [-0.4, -0.2) is 162 Å². The van der Waals surface area contributed by atoms with E-state index in [9.17, 15) is 60.4 Å². The van der Waals surface area contributed by atoms with Crippen molar-refractivity contribution in [3.05, 3.63) is 0 Å². The summed E-state index contributed by atoms with van der Waals surface area (Å²) in [4.78, 5) is 39.8. The number of hydroxylamine groups is 2. The number of nitrogens with one attached hydrogen (secondary N) is 3. The molecule has 0 spiro atoms. The van der Waals surface area contributed by atoms with Gasteiger partial charge in [-0.25, -0.2) is 0 Å². The van der Waals surface area contributed by atoms with Gasteiger partial charge in [0, 0.05) is 23.7 Å². The molecule has 0 aromatic rings. The van der Waals surface area contributed by atoms with E-state index in [0.29, 0.717) is 19.3 Å². The van der Waals surface area contributed by atoms with Crippen molar-refractivity contribution in [3.8, 4) is 0 Å². The summed E-state index contributed by atoms with van der Waals surface area (Å²) in [5, 5.41) is 103. The van der Waals surface area contributed by atoms with Crippen LogP contribution in [0.4, 0.5) is 0 Å². The number of hydrogen-bond acceptors (Lipinski definition) is 14. The largest absolute Gasteiger partial charge is 0.394 e. The number of unbranched alkanes of at least 4 members (excludes halogenated alkanes) is 5. The van der Waals surface area contributed by atoms with Crippen LogP contribution >= 0.6 is 0 Å². The molecule has 0 bridgehead atoms. The second-order valence-electron chi connectivity index (χ2n) is 14.9. The summed E-state index contributed by atoms with van der Waals surface area (Å²) in [6.45, 7) is 7.47. The van der Waals surface area contributed by atoms with Crippen molar-refractivity contribution in [2.24, 2.45) is 0 Å². The Morgan fingerprint density at radius 2 is 1.47 bits per heavy atom. The van der Waals surface area contributed by atoms with Gasteiger partial charge < -0.3 is 66.3 Å². The first kappa shape index (κ1) is 45.1. The van der Waals surface area contributed by atoms with Crippen LogP contribution in [0.15, 0.2) is 0 Å². The highest BCUT2D eigenvalue weighted by Gasteiger charge is 2.48. The Balaban J connectivity index is 2.19. The van der Waals surface area contributed by atoms with Gasteiger partial charge in [-0.2, -0.15) is 0 Å². The molecular weight excluding hydrogens is 676 g/mol. The maximum atomic E-state index is 13.3. The zero-order valence-electron chi connectivity index (χ0n) is 30.3. The Bertz CT molecular complexity index is 1080. The Kier molecular flexibility index (Phi) is 18.0. The molecule has 2 fully saturated rings. The van der Waals surface area contributed by atoms with Gasteiger partial charge in [-0.05, 0) is 47.0 Å². The Morgan fingerprint density at radius 1 is 0.882 bits per heavy atom. The summed E-state index contributed by atoms with van der Waals surface area (Å²) >= 11 is 0. The molecule has 0 aromatic heterocycles. The van der Waals surface area contributed by atoms with E-state index in [0.717, 1.165) is 37.2 Å². The lowest BCUT2D eigenvalue weighted by Gasteiger charge is -2.50. The van der Waals surface area contributed by atoms with Crippen LogP contribution in [0, 0.1) is 0 Å². The summed E-state index contributed by atoms with van der Waals surface area (Å²) < 4.78 is 10.6. The van der Waals surface area contributed by atoms with Crippen LogP contribution in [-0.2, 0) is 29.1 Å². The first-order chi connectivity index (χ1) is 23.8. The van der Waals surface area contributed by atoms with E-state index >= 15 is 0 Å². The molecule has 1 radical (unpaired) electrons. The fraction of sp³-hybridized carbons (Fsp3) is 0.909. The average molecular weight is 738 g/mol. The molecule has 2 aliphatic heterocycles. The number of hydrogen-bond donors (Lipinski definition) is 11. The normalized spacial score (nSPS) is 28.2. The van der Waals surface area contributed by atoms with Gasteiger partial charge in [-0.3, -0.25) is 14.4 Å². The zero-order valence-corrected chi connectivity index (χ0v) is 30.3. The van der Waals surface area contributed by atoms with E-state index in [-0.39, 0.29) is 6.54 Å². The molecule has 297 valence electrons. The molecule has 10 atom stereocenters. The minimum Gasteiger partial charge on any atom is -0.394 e. The van der Waals surface area contributed by atoms with Gasteiger partial charge in [0.25, 0.3) is 5.91 Å². The third-order valence-corrected chi connectivity index (χ3v) is 9.44. The van der Waals surface area contributed by atoms with Crippen LogP contribution < -0.4 is 16.0 Å². The van der Waals surface area contributed by atoms with E-state index in [2.05, 4.69) is 22.9 Å². The van der Waals surface area contributed by atoms with E-state index in [1.165, 1.54) is 0 Å². The number of nitrogens with zero attached hydrogens (tertiary/aromatic N) is 1. The molecule has 0 aromatic carbocycles. The topological polar surface area (TPSA) is 291 Å². The van der Waals surface area contributed by atoms with E-state index in [1.807, 2.05) is 0 Å². The number of aliphatic hydroxyl groups is 8. The smallest absolute Gasteiger partial charge is 0.252 e. The van der Waals surface area contributed by atoms with Gasteiger partial charge >= 0.3 is 0 Å². The minimum atomic E-state index is -2.44. The highest BCUT2D eigenvalue weighted by atomic mass is 16.7. The number of amides is 3. The van der Waals surface area contributed by atoms with Crippen molar-refractivity contribution in [3.63, 3.8) is 0 Å². The van der Waals surface area contributed by atoms with Crippen molar-refractivity contribution in [1.82, 2.24) is 21.0 Å². The fourth-order valence-corrected chi connectivity index (χ4v) is 6.72. The molecule has 0 saturated carbocycles. The second-order valence-corrected chi connectivity index (χ2v) is 14.9. The lowest BCUT2D eigenvalue weighted by molar-refractivity contribution is -0.326. The predicted molar refractivity (Wildman–Crippen MR) is 179 cm³/mol. The van der Waals surface area contributed by atoms with Crippen molar-refractivity contribution >= 4 is 17.7 Å². The minimum absolute atomic E-state index is 0.242. The van der Waals surface area contributed by atoms with Gasteiger partial charge in [-0.1, -0.05) is 39.0 Å². The molecule has 0 aliphatic carbocycles. The first-order valence-corrected chi connectivity index (χ1v) is 17.8. The third-order valence-electron chi connectivity index (χ3n) is 9.44. The first-order valence-electron chi connectivity index (χ1n) is 17.8. The highest BCUT2D eigenvalue weighted by Crippen LogP contribution is 2.37. The molecule has 11 N–H and O–H groups in total. The number of piperidine rings is 1. The van der Waals surface area contributed by atoms with E-state index in [4.69, 9.17) is 9.47 Å². The molecule has 3 amide bonds. The summed E-state index contributed by atoms with van der Waals surface area (Å²) in [5.74, 6) is -2.72. The Labute approximate surface area is 299 Å². The van der Waals surface area contributed by atoms with Crippen LogP contribution in [0.1, 0.15) is 92.4 Å². The van der Waals surface area contributed by atoms with Crippen molar-refractivity contribution in [2.75, 3.05) is 19.8 Å². The van der Waals surface area contributed by atoms with Gasteiger partial charge in [0.05, 0.1) is 19.6 Å². The molecule has 2 heterocycles. The Hall–Kier alpha value is -2.07. The number of ether oxygens (including phenoxy) is 2. The molecule has 18 heteroatoms. The molecule has 0 unspecified atom stereocenters. The lowest BCUT2D eigenvalue weighted by atomic mass is 9.79. The second kappa shape index (κ2) is 20.4. The van der Waals surface area contributed by atoms with Crippen molar-refractivity contribution < 1.29 is 69.9 Å². The van der Waals surface area contributed by atoms with Gasteiger partial charge in [0.2, 0.25) is 11.8 Å². The summed E-state index contributed by atoms with van der Waals surface area (Å²) in [6.07, 6.45) is -12.1. The van der Waals surface area contributed by atoms with Crippen molar-refractivity contribution in [2.45, 2.75) is 171 Å². The fourth-order valence-electron chi connectivity index (χ4n) is 6.72. The molecule has 2 aliphatic rings. The van der Waals surface area contributed by atoms with Gasteiger partial charge in [0.15, 0.2) is 12.4 Å². The molecule has 51 heavy (non-hydrogen) atoms. The zero-order chi connectivity index (χ0) is 38.7. The summed E-state index contributed by atoms with van der Waals surface area (Å²) in [6, 6.07) is -1.96. The van der Waals surface area contributed by atoms with E-state index < -0.39 is 116 Å². The van der Waals surface area contributed by atoms with Crippen LogP contribution in [0.2, 0.25) is 0 Å². The number of carbonyl (C=O) groups excluding carboxylic acids is 3. The SMILES string of the molecule is CCCCCCCCNC(=O)[C@H](CC(=O)NC1CC(C)(C)N([O])C(C)(C)C1)NC(=O)[C@H](O)[C@@H](O)[C@H](O[C@@H]1O[C@H](CO)[C@H](O)[C@H](O)[C@H]1O)[C@H](O)CO. The van der Waals surface area contributed by atoms with Crippen LogP contribution in [0.25, 0.3) is 0 Å². The maximum Gasteiger partial charge on any atom is 0.252 e.